The Bertz CT molecular complexity index is 355. The molecule has 0 amide bonds. The highest BCUT2D eigenvalue weighted by Crippen LogP contribution is 2.19. The standard InChI is InChI=1S/C14H24N2O2/c1-15(2)14-8-6-5-7-12(14)9-16(3)10-13(17)11-18-4/h5-8,13,17H,9-11H2,1-4H3. The van der Waals surface area contributed by atoms with Crippen LogP contribution in [-0.4, -0.2) is 57.5 Å². The van der Waals surface area contributed by atoms with Crippen molar-refractivity contribution in [2.75, 3.05) is 46.3 Å². The Labute approximate surface area is 110 Å². The molecule has 1 rings (SSSR count). The maximum Gasteiger partial charge on any atom is 0.0900 e. The predicted molar refractivity (Wildman–Crippen MR) is 75.0 cm³/mol. The van der Waals surface area contributed by atoms with E-state index in [1.807, 2.05) is 33.3 Å². The van der Waals surface area contributed by atoms with Gasteiger partial charge in [-0.1, -0.05) is 18.2 Å². The third kappa shape index (κ3) is 4.64. The van der Waals surface area contributed by atoms with Gasteiger partial charge >= 0.3 is 0 Å². The van der Waals surface area contributed by atoms with Crippen molar-refractivity contribution < 1.29 is 9.84 Å². The van der Waals surface area contributed by atoms with Gasteiger partial charge in [-0.15, -0.1) is 0 Å². The van der Waals surface area contributed by atoms with Crippen LogP contribution in [0.15, 0.2) is 24.3 Å². The molecule has 0 spiro atoms. The number of ether oxygens (including phenoxy) is 1. The van der Waals surface area contributed by atoms with Crippen LogP contribution in [0.1, 0.15) is 5.56 Å². The van der Waals surface area contributed by atoms with Crippen molar-refractivity contribution in [3.8, 4) is 0 Å². The van der Waals surface area contributed by atoms with Crippen molar-refractivity contribution in [1.82, 2.24) is 4.90 Å². The average Bonchev–Trinajstić information content (AvgIpc) is 2.29. The van der Waals surface area contributed by atoms with Gasteiger partial charge in [-0.3, -0.25) is 4.90 Å². The van der Waals surface area contributed by atoms with Gasteiger partial charge in [-0.2, -0.15) is 0 Å². The first kappa shape index (κ1) is 15.0. The number of rotatable bonds is 7. The Balaban J connectivity index is 2.61. The summed E-state index contributed by atoms with van der Waals surface area (Å²) >= 11 is 0. The maximum absolute atomic E-state index is 9.70. The summed E-state index contributed by atoms with van der Waals surface area (Å²) < 4.78 is 4.93. The fourth-order valence-electron chi connectivity index (χ4n) is 2.04. The quantitative estimate of drug-likeness (QED) is 0.791. The maximum atomic E-state index is 9.70. The molecule has 102 valence electrons. The van der Waals surface area contributed by atoms with Crippen LogP contribution in [0.5, 0.6) is 0 Å². The minimum atomic E-state index is -0.438. The minimum Gasteiger partial charge on any atom is -0.389 e. The number of anilines is 1. The molecule has 0 aliphatic heterocycles. The highest BCUT2D eigenvalue weighted by Gasteiger charge is 2.10. The van der Waals surface area contributed by atoms with E-state index in [1.54, 1.807) is 7.11 Å². The van der Waals surface area contributed by atoms with Crippen molar-refractivity contribution in [2.24, 2.45) is 0 Å². The summed E-state index contributed by atoms with van der Waals surface area (Å²) in [6.07, 6.45) is -0.438. The fourth-order valence-corrected chi connectivity index (χ4v) is 2.04. The molecule has 4 nitrogen and oxygen atoms in total. The number of benzene rings is 1. The molecule has 0 bridgehead atoms. The molecule has 0 fully saturated rings. The second-order valence-corrected chi connectivity index (χ2v) is 4.83. The summed E-state index contributed by atoms with van der Waals surface area (Å²) in [6.45, 7) is 1.80. The van der Waals surface area contributed by atoms with Crippen LogP contribution >= 0.6 is 0 Å². The second kappa shape index (κ2) is 7.36. The third-order valence-electron chi connectivity index (χ3n) is 2.80. The summed E-state index contributed by atoms with van der Waals surface area (Å²) in [5, 5.41) is 9.70. The van der Waals surface area contributed by atoms with E-state index in [4.69, 9.17) is 4.74 Å². The minimum absolute atomic E-state index is 0.375. The first-order valence-electron chi connectivity index (χ1n) is 6.15. The molecular formula is C14H24N2O2. The molecule has 0 aromatic heterocycles. The summed E-state index contributed by atoms with van der Waals surface area (Å²) in [5.74, 6) is 0. The molecule has 1 atom stereocenters. The molecule has 1 aromatic rings. The van der Waals surface area contributed by atoms with E-state index < -0.39 is 6.10 Å². The van der Waals surface area contributed by atoms with Crippen LogP contribution in [-0.2, 0) is 11.3 Å². The number of aliphatic hydroxyl groups excluding tert-OH is 1. The molecule has 18 heavy (non-hydrogen) atoms. The molecule has 1 N–H and O–H groups in total. The van der Waals surface area contributed by atoms with E-state index in [0.29, 0.717) is 13.2 Å². The van der Waals surface area contributed by atoms with Crippen molar-refractivity contribution in [2.45, 2.75) is 12.6 Å². The second-order valence-electron chi connectivity index (χ2n) is 4.83. The number of nitrogens with zero attached hydrogens (tertiary/aromatic N) is 2. The Kier molecular flexibility index (Phi) is 6.12. The lowest BCUT2D eigenvalue weighted by atomic mass is 10.1. The SMILES string of the molecule is COCC(O)CN(C)Cc1ccccc1N(C)C. The number of para-hydroxylation sites is 1. The van der Waals surface area contributed by atoms with Gasteiger partial charge < -0.3 is 14.7 Å². The average molecular weight is 252 g/mol. The van der Waals surface area contributed by atoms with Gasteiger partial charge in [-0.05, 0) is 18.7 Å². The molecule has 0 aliphatic carbocycles. The summed E-state index contributed by atoms with van der Waals surface area (Å²) in [7, 11) is 7.69. The van der Waals surface area contributed by atoms with Gasteiger partial charge in [0.25, 0.3) is 0 Å². The van der Waals surface area contributed by atoms with Crippen LogP contribution in [0, 0.1) is 0 Å². The predicted octanol–water partition coefficient (Wildman–Crippen LogP) is 1.19. The first-order chi connectivity index (χ1) is 8.54. The molecule has 0 heterocycles. The van der Waals surface area contributed by atoms with Gasteiger partial charge in [0.1, 0.15) is 0 Å². The van der Waals surface area contributed by atoms with Crippen molar-refractivity contribution in [1.29, 1.82) is 0 Å². The van der Waals surface area contributed by atoms with E-state index in [2.05, 4.69) is 21.9 Å². The Morgan fingerprint density at radius 3 is 2.50 bits per heavy atom. The van der Waals surface area contributed by atoms with Gasteiger partial charge in [0.15, 0.2) is 0 Å². The Morgan fingerprint density at radius 2 is 1.89 bits per heavy atom. The van der Waals surface area contributed by atoms with Crippen LogP contribution in [0.25, 0.3) is 0 Å². The van der Waals surface area contributed by atoms with E-state index in [9.17, 15) is 5.11 Å². The lowest BCUT2D eigenvalue weighted by Crippen LogP contribution is -2.32. The molecule has 0 saturated carbocycles. The lowest BCUT2D eigenvalue weighted by Gasteiger charge is -2.23. The highest BCUT2D eigenvalue weighted by atomic mass is 16.5. The normalized spacial score (nSPS) is 12.8. The van der Waals surface area contributed by atoms with E-state index in [0.717, 1.165) is 6.54 Å². The van der Waals surface area contributed by atoms with E-state index in [-0.39, 0.29) is 0 Å². The number of methoxy groups -OCH3 is 1. The zero-order valence-electron chi connectivity index (χ0n) is 11.8. The smallest absolute Gasteiger partial charge is 0.0900 e. The largest absolute Gasteiger partial charge is 0.389 e. The summed E-state index contributed by atoms with van der Waals surface area (Å²) in [4.78, 5) is 4.21. The number of likely N-dealkylation sites (N-methyl/N-ethyl adjacent to an activating group) is 1. The summed E-state index contributed by atoms with van der Waals surface area (Å²) in [5.41, 5.74) is 2.47. The van der Waals surface area contributed by atoms with Crippen LogP contribution < -0.4 is 4.90 Å². The van der Waals surface area contributed by atoms with Crippen molar-refractivity contribution in [3.63, 3.8) is 0 Å². The number of hydrogen-bond donors (Lipinski definition) is 1. The van der Waals surface area contributed by atoms with Crippen molar-refractivity contribution in [3.05, 3.63) is 29.8 Å². The third-order valence-corrected chi connectivity index (χ3v) is 2.80. The van der Waals surface area contributed by atoms with Gasteiger partial charge in [0, 0.05) is 40.0 Å². The van der Waals surface area contributed by atoms with Crippen LogP contribution in [0.3, 0.4) is 0 Å². The fraction of sp³-hybridized carbons (Fsp3) is 0.571. The summed E-state index contributed by atoms with van der Waals surface area (Å²) in [6, 6.07) is 8.31. The topological polar surface area (TPSA) is 35.9 Å². The zero-order valence-corrected chi connectivity index (χ0v) is 11.8. The molecule has 0 radical (unpaired) electrons. The molecule has 1 unspecified atom stereocenters. The molecule has 0 aliphatic rings. The Morgan fingerprint density at radius 1 is 1.22 bits per heavy atom. The van der Waals surface area contributed by atoms with Crippen LogP contribution in [0.4, 0.5) is 5.69 Å². The van der Waals surface area contributed by atoms with Gasteiger partial charge in [0.2, 0.25) is 0 Å². The van der Waals surface area contributed by atoms with E-state index in [1.165, 1.54) is 11.3 Å². The zero-order chi connectivity index (χ0) is 13.5. The number of aliphatic hydroxyl groups is 1. The monoisotopic (exact) mass is 252 g/mol. The Hall–Kier alpha value is -1.10. The van der Waals surface area contributed by atoms with Crippen molar-refractivity contribution >= 4 is 5.69 Å². The molecule has 1 aromatic carbocycles. The lowest BCUT2D eigenvalue weighted by molar-refractivity contribution is 0.0419. The molecule has 4 heteroatoms. The molecular weight excluding hydrogens is 228 g/mol. The highest BCUT2D eigenvalue weighted by molar-refractivity contribution is 5.52. The van der Waals surface area contributed by atoms with E-state index >= 15 is 0 Å². The van der Waals surface area contributed by atoms with Crippen LogP contribution in [0.2, 0.25) is 0 Å². The van der Waals surface area contributed by atoms with Gasteiger partial charge in [0.05, 0.1) is 12.7 Å². The number of hydrogen-bond acceptors (Lipinski definition) is 4. The molecule has 0 saturated heterocycles. The first-order valence-corrected chi connectivity index (χ1v) is 6.15. The van der Waals surface area contributed by atoms with Gasteiger partial charge in [-0.25, -0.2) is 0 Å².